The zero-order valence-electron chi connectivity index (χ0n) is 19.9. The number of amides is 1. The second-order valence-electron chi connectivity index (χ2n) is 7.98. The molecule has 39 heavy (non-hydrogen) atoms. The molecule has 2 aromatic heterocycles. The molecule has 0 unspecified atom stereocenters. The number of ether oxygens (including phenoxy) is 1. The molecule has 0 bridgehead atoms. The first-order chi connectivity index (χ1) is 18.2. The van der Waals surface area contributed by atoms with Crippen LogP contribution in [0.3, 0.4) is 0 Å². The van der Waals surface area contributed by atoms with Gasteiger partial charge in [-0.15, -0.1) is 0 Å². The fourth-order valence-electron chi connectivity index (χ4n) is 3.60. The number of carbonyl (C=O) groups is 3. The molecule has 214 valence electrons. The molecule has 3 atom stereocenters. The molecule has 1 amide bonds. The van der Waals surface area contributed by atoms with Gasteiger partial charge in [0.05, 0.1) is 24.4 Å². The lowest BCUT2D eigenvalue weighted by Gasteiger charge is -2.35. The largest absolute Gasteiger partial charge is 0.490 e. The Morgan fingerprint density at radius 3 is 1.97 bits per heavy atom. The molecule has 2 aliphatic heterocycles. The van der Waals surface area contributed by atoms with Gasteiger partial charge in [-0.3, -0.25) is 9.78 Å². The number of hydrogen-bond acceptors (Lipinski definition) is 8. The Balaban J connectivity index is 0.000000317. The fraction of sp³-hybridized carbons (Fsp3) is 0.455. The smallest absolute Gasteiger partial charge is 0.475 e. The summed E-state index contributed by atoms with van der Waals surface area (Å²) in [5, 5.41) is 17.2. The minimum atomic E-state index is -5.08. The Hall–Kier alpha value is -4.02. The van der Waals surface area contributed by atoms with Crippen molar-refractivity contribution in [3.05, 3.63) is 48.5 Å². The zero-order valence-corrected chi connectivity index (χ0v) is 19.9. The number of pyridine rings is 1. The molecule has 4 heterocycles. The van der Waals surface area contributed by atoms with Crippen molar-refractivity contribution in [1.29, 1.82) is 0 Å². The molecule has 2 aromatic rings. The minimum Gasteiger partial charge on any atom is -0.475 e. The molecule has 0 saturated carbocycles. The van der Waals surface area contributed by atoms with Crippen molar-refractivity contribution in [2.24, 2.45) is 0 Å². The van der Waals surface area contributed by atoms with Crippen LogP contribution in [0.15, 0.2) is 42.9 Å². The van der Waals surface area contributed by atoms with E-state index in [9.17, 15) is 31.1 Å². The molecule has 2 fully saturated rings. The third-order valence-electron chi connectivity index (χ3n) is 5.30. The average Bonchev–Trinajstić information content (AvgIpc) is 3.31. The lowest BCUT2D eigenvalue weighted by atomic mass is 9.98. The van der Waals surface area contributed by atoms with Crippen molar-refractivity contribution in [3.63, 3.8) is 0 Å². The molecule has 11 nitrogen and oxygen atoms in total. The van der Waals surface area contributed by atoms with E-state index < -0.39 is 24.3 Å². The number of nitrogens with zero attached hydrogens (tertiary/aromatic N) is 4. The molecule has 2 aliphatic rings. The summed E-state index contributed by atoms with van der Waals surface area (Å²) in [6.07, 6.45) is -2.75. The first-order valence-corrected chi connectivity index (χ1v) is 11.2. The summed E-state index contributed by atoms with van der Waals surface area (Å²) in [5.41, 5.74) is 0.845. The highest BCUT2D eigenvalue weighted by atomic mass is 19.4. The van der Waals surface area contributed by atoms with Gasteiger partial charge in [-0.25, -0.2) is 19.6 Å². The van der Waals surface area contributed by atoms with Crippen LogP contribution in [0.25, 0.3) is 0 Å². The number of hydrogen-bond donors (Lipinski definition) is 3. The first kappa shape index (κ1) is 31.2. The van der Waals surface area contributed by atoms with Gasteiger partial charge in [0.25, 0.3) is 0 Å². The molecule has 0 aromatic carbocycles. The van der Waals surface area contributed by atoms with Crippen molar-refractivity contribution in [2.45, 2.75) is 56.4 Å². The van der Waals surface area contributed by atoms with Crippen molar-refractivity contribution < 1.29 is 55.7 Å². The number of nitrogens with one attached hydrogen (secondary N) is 1. The van der Waals surface area contributed by atoms with Crippen LogP contribution in [0.1, 0.15) is 25.0 Å². The van der Waals surface area contributed by atoms with Gasteiger partial charge in [0.15, 0.2) is 0 Å². The highest BCUT2D eigenvalue weighted by molar-refractivity contribution is 5.80. The number of aliphatic carboxylic acids is 2. The first-order valence-electron chi connectivity index (χ1n) is 11.2. The highest BCUT2D eigenvalue weighted by Crippen LogP contribution is 2.33. The van der Waals surface area contributed by atoms with Gasteiger partial charge in [-0.1, -0.05) is 6.07 Å². The average molecular weight is 567 g/mol. The van der Waals surface area contributed by atoms with Crippen molar-refractivity contribution in [2.75, 3.05) is 11.4 Å². The molecule has 0 radical (unpaired) electrons. The predicted octanol–water partition coefficient (Wildman–Crippen LogP) is 2.58. The second-order valence-corrected chi connectivity index (χ2v) is 7.98. The van der Waals surface area contributed by atoms with Crippen molar-refractivity contribution >= 4 is 23.8 Å². The number of carboxylic acids is 2. The quantitative estimate of drug-likeness (QED) is 0.470. The number of carbonyl (C=O) groups excluding carboxylic acids is 1. The van der Waals surface area contributed by atoms with Crippen LogP contribution in [0.5, 0.6) is 0 Å². The summed E-state index contributed by atoms with van der Waals surface area (Å²) >= 11 is 0. The van der Waals surface area contributed by atoms with E-state index in [0.29, 0.717) is 13.0 Å². The Bertz CT molecular complexity index is 1070. The van der Waals surface area contributed by atoms with E-state index in [1.54, 1.807) is 18.6 Å². The van der Waals surface area contributed by atoms with Gasteiger partial charge in [0.1, 0.15) is 6.10 Å². The van der Waals surface area contributed by atoms with Gasteiger partial charge < -0.3 is 25.2 Å². The Kier molecular flexibility index (Phi) is 10.9. The Morgan fingerprint density at radius 1 is 0.897 bits per heavy atom. The molecular weight excluding hydrogens is 544 g/mol. The van der Waals surface area contributed by atoms with E-state index >= 15 is 0 Å². The third kappa shape index (κ3) is 9.99. The third-order valence-corrected chi connectivity index (χ3v) is 5.30. The number of anilines is 1. The fourth-order valence-corrected chi connectivity index (χ4v) is 3.60. The Labute approximate surface area is 216 Å². The van der Waals surface area contributed by atoms with E-state index in [1.807, 2.05) is 24.3 Å². The summed E-state index contributed by atoms with van der Waals surface area (Å²) < 4.78 is 69.6. The number of alkyl halides is 6. The number of carboxylic acid groups (broad SMARTS) is 2. The van der Waals surface area contributed by atoms with E-state index in [2.05, 4.69) is 25.2 Å². The minimum absolute atomic E-state index is 0.0569. The van der Waals surface area contributed by atoms with Crippen molar-refractivity contribution in [1.82, 2.24) is 20.3 Å². The van der Waals surface area contributed by atoms with Crippen molar-refractivity contribution in [3.8, 4) is 0 Å². The maximum absolute atomic E-state index is 12.4. The molecule has 17 heteroatoms. The second kappa shape index (κ2) is 13.7. The summed E-state index contributed by atoms with van der Waals surface area (Å²) in [4.78, 5) is 45.3. The summed E-state index contributed by atoms with van der Waals surface area (Å²) in [7, 11) is 0. The number of rotatable bonds is 4. The number of fused-ring (bicyclic) bond motifs is 1. The van der Waals surface area contributed by atoms with E-state index in [4.69, 9.17) is 24.5 Å². The molecule has 3 N–H and O–H groups in total. The maximum atomic E-state index is 12.4. The van der Waals surface area contributed by atoms with E-state index in [0.717, 1.165) is 31.0 Å². The summed E-state index contributed by atoms with van der Waals surface area (Å²) in [6.45, 7) is 1.29. The molecule has 2 saturated heterocycles. The molecule has 0 aliphatic carbocycles. The van der Waals surface area contributed by atoms with Gasteiger partial charge in [0, 0.05) is 25.1 Å². The molecular formula is C22H23F6N5O6. The van der Waals surface area contributed by atoms with Crippen LogP contribution >= 0.6 is 0 Å². The highest BCUT2D eigenvalue weighted by Gasteiger charge is 2.42. The summed E-state index contributed by atoms with van der Waals surface area (Å²) in [6, 6.07) is 7.73. The predicted molar refractivity (Wildman–Crippen MR) is 119 cm³/mol. The van der Waals surface area contributed by atoms with Gasteiger partial charge >= 0.3 is 24.3 Å². The number of halogens is 6. The van der Waals surface area contributed by atoms with Gasteiger partial charge in [-0.05, 0) is 37.5 Å². The van der Waals surface area contributed by atoms with Crippen LogP contribution in [-0.4, -0.2) is 80.2 Å². The van der Waals surface area contributed by atoms with E-state index in [1.165, 1.54) is 0 Å². The van der Waals surface area contributed by atoms with Crippen LogP contribution in [0.4, 0.5) is 32.3 Å². The lowest BCUT2D eigenvalue weighted by Crippen LogP contribution is -2.48. The van der Waals surface area contributed by atoms with Crippen LogP contribution in [0, 0.1) is 0 Å². The van der Waals surface area contributed by atoms with Gasteiger partial charge in [-0.2, -0.15) is 26.3 Å². The summed E-state index contributed by atoms with van der Waals surface area (Å²) in [5.74, 6) is -4.82. The normalized spacial score (nSPS) is 20.4. The van der Waals surface area contributed by atoms with Crippen LogP contribution in [-0.2, 0) is 25.7 Å². The van der Waals surface area contributed by atoms with Crippen LogP contribution in [0.2, 0.25) is 0 Å². The lowest BCUT2D eigenvalue weighted by molar-refractivity contribution is -0.193. The monoisotopic (exact) mass is 567 g/mol. The molecule has 0 spiro atoms. The topological polar surface area (TPSA) is 155 Å². The standard InChI is InChI=1S/C18H21N5O2.2C2HF3O2/c24-17(22-12-13-4-1-2-8-19-13)16-6-5-14-15(25-16)7-11-23(14)18-20-9-3-10-21-18;2*3-2(4,5)1(6)7/h1-4,8-10,14-16H,5-7,11-12H2,(H,22,24);2*(H,6,7)/t14-,15-,16-;;/m1../s1. The van der Waals surface area contributed by atoms with Crippen LogP contribution < -0.4 is 10.2 Å². The molecule has 4 rings (SSSR count). The SMILES string of the molecule is O=C(NCc1ccccn1)[C@H]1CC[C@@H]2[C@@H](CCN2c2ncccn2)O1.O=C(O)C(F)(F)F.O=C(O)C(F)(F)F. The number of aromatic nitrogens is 3. The Morgan fingerprint density at radius 2 is 1.46 bits per heavy atom. The maximum Gasteiger partial charge on any atom is 0.490 e. The zero-order chi connectivity index (χ0) is 29.2. The van der Waals surface area contributed by atoms with E-state index in [-0.39, 0.29) is 24.2 Å². The van der Waals surface area contributed by atoms with Gasteiger partial charge in [0.2, 0.25) is 11.9 Å².